The average Bonchev–Trinajstić information content (AvgIpc) is 3.56. The van der Waals surface area contributed by atoms with E-state index in [1.165, 1.54) is 10.9 Å². The minimum Gasteiger partial charge on any atom is -0.492 e. The van der Waals surface area contributed by atoms with Crippen LogP contribution in [0.2, 0.25) is 0 Å². The number of nitriles is 1. The number of rotatable bonds is 9. The van der Waals surface area contributed by atoms with Crippen LogP contribution in [0.4, 0.5) is 10.2 Å². The van der Waals surface area contributed by atoms with Gasteiger partial charge in [0.25, 0.3) is 0 Å². The number of fused-ring (bicyclic) bond motifs is 1. The molecule has 0 bridgehead atoms. The predicted octanol–water partition coefficient (Wildman–Crippen LogP) is 5.24. The average molecular weight is 511 g/mol. The Kier molecular flexibility index (Phi) is 7.00. The summed E-state index contributed by atoms with van der Waals surface area (Å²) in [5.74, 6) is 2.11. The van der Waals surface area contributed by atoms with Crippen molar-refractivity contribution in [3.8, 4) is 28.8 Å². The van der Waals surface area contributed by atoms with Crippen LogP contribution in [0.15, 0.2) is 67.5 Å². The van der Waals surface area contributed by atoms with Crippen LogP contribution in [0.1, 0.15) is 37.8 Å². The lowest BCUT2D eigenvalue weighted by Crippen LogP contribution is -2.11. The number of nitrogens with one attached hydrogen (secondary N) is 1. The third-order valence-corrected chi connectivity index (χ3v) is 6.08. The van der Waals surface area contributed by atoms with Crippen LogP contribution in [0, 0.1) is 23.1 Å². The molecule has 10 heteroatoms. The van der Waals surface area contributed by atoms with Gasteiger partial charge in [0, 0.05) is 30.1 Å². The summed E-state index contributed by atoms with van der Waals surface area (Å²) < 4.78 is 22.2. The molecule has 38 heavy (non-hydrogen) atoms. The quantitative estimate of drug-likeness (QED) is 0.289. The second-order valence-electron chi connectivity index (χ2n) is 9.52. The van der Waals surface area contributed by atoms with E-state index in [1.807, 2.05) is 30.3 Å². The monoisotopic (exact) mass is 510 g/mol. The van der Waals surface area contributed by atoms with E-state index in [2.05, 4.69) is 52.3 Å². The Morgan fingerprint density at radius 1 is 1.03 bits per heavy atom. The molecule has 0 amide bonds. The topological polar surface area (TPSA) is 106 Å². The highest BCUT2D eigenvalue weighted by molar-refractivity contribution is 5.85. The molecule has 0 aromatic carbocycles. The zero-order valence-corrected chi connectivity index (χ0v) is 21.3. The van der Waals surface area contributed by atoms with Crippen molar-refractivity contribution in [1.29, 1.82) is 5.26 Å². The van der Waals surface area contributed by atoms with Gasteiger partial charge in [-0.2, -0.15) is 15.5 Å². The molecule has 5 rings (SSSR count). The van der Waals surface area contributed by atoms with Crippen LogP contribution in [0.5, 0.6) is 5.75 Å². The first-order chi connectivity index (χ1) is 18.4. The van der Waals surface area contributed by atoms with Gasteiger partial charge in [0.2, 0.25) is 0 Å². The summed E-state index contributed by atoms with van der Waals surface area (Å²) in [6.45, 7) is 7.50. The lowest BCUT2D eigenvalue weighted by atomic mass is 10.0. The SMILES string of the molecule is CC(C)COc1cc(-c2ccc(NC[C@@H](C)c3ccc(-n4cc(F)cn4)nc3)nc2)c2c(C#N)cnn2c1. The van der Waals surface area contributed by atoms with Gasteiger partial charge in [0.15, 0.2) is 11.6 Å². The normalized spacial score (nSPS) is 12.0. The van der Waals surface area contributed by atoms with Crippen molar-refractivity contribution in [3.05, 3.63) is 84.5 Å². The molecule has 5 aromatic rings. The highest BCUT2D eigenvalue weighted by Gasteiger charge is 2.15. The summed E-state index contributed by atoms with van der Waals surface area (Å²) in [5, 5.41) is 21.2. The largest absolute Gasteiger partial charge is 0.492 e. The molecule has 0 radical (unpaired) electrons. The number of nitrogens with zero attached hydrogens (tertiary/aromatic N) is 7. The fraction of sp³-hybridized carbons (Fsp3) is 0.250. The molecular weight excluding hydrogens is 483 g/mol. The summed E-state index contributed by atoms with van der Waals surface area (Å²) in [5.41, 5.74) is 3.93. The van der Waals surface area contributed by atoms with Gasteiger partial charge >= 0.3 is 0 Å². The van der Waals surface area contributed by atoms with E-state index in [4.69, 9.17) is 4.74 Å². The zero-order chi connectivity index (χ0) is 26.6. The summed E-state index contributed by atoms with van der Waals surface area (Å²) >= 11 is 0. The Labute approximate surface area is 219 Å². The Morgan fingerprint density at radius 2 is 1.89 bits per heavy atom. The number of hydrogen-bond donors (Lipinski definition) is 1. The third-order valence-electron chi connectivity index (χ3n) is 6.08. The Bertz CT molecular complexity index is 1580. The summed E-state index contributed by atoms with van der Waals surface area (Å²) in [7, 11) is 0. The number of ether oxygens (including phenoxy) is 1. The maximum atomic E-state index is 13.2. The van der Waals surface area contributed by atoms with Crippen molar-refractivity contribution in [2.24, 2.45) is 5.92 Å². The maximum Gasteiger partial charge on any atom is 0.161 e. The number of anilines is 1. The molecule has 5 aromatic heterocycles. The van der Waals surface area contributed by atoms with Crippen LogP contribution in [-0.4, -0.2) is 42.5 Å². The molecule has 0 aliphatic carbocycles. The van der Waals surface area contributed by atoms with Gasteiger partial charge in [-0.1, -0.05) is 26.8 Å². The van der Waals surface area contributed by atoms with Crippen molar-refractivity contribution < 1.29 is 9.13 Å². The van der Waals surface area contributed by atoms with E-state index >= 15 is 0 Å². The first-order valence-corrected chi connectivity index (χ1v) is 12.3. The van der Waals surface area contributed by atoms with Crippen LogP contribution in [0.25, 0.3) is 22.5 Å². The molecule has 5 heterocycles. The van der Waals surface area contributed by atoms with Gasteiger partial charge in [-0.25, -0.2) is 23.6 Å². The van der Waals surface area contributed by atoms with Crippen molar-refractivity contribution >= 4 is 11.3 Å². The molecule has 192 valence electrons. The van der Waals surface area contributed by atoms with Crippen LogP contribution < -0.4 is 10.1 Å². The summed E-state index contributed by atoms with van der Waals surface area (Å²) in [6, 6.07) is 11.8. The Hall–Kier alpha value is -4.78. The molecular formula is C28H27FN8O. The van der Waals surface area contributed by atoms with Gasteiger partial charge in [-0.3, -0.25) is 0 Å². The van der Waals surface area contributed by atoms with E-state index in [1.54, 1.807) is 29.3 Å². The highest BCUT2D eigenvalue weighted by Crippen LogP contribution is 2.31. The molecule has 0 fully saturated rings. The zero-order valence-electron chi connectivity index (χ0n) is 21.3. The van der Waals surface area contributed by atoms with E-state index in [9.17, 15) is 9.65 Å². The molecule has 0 aliphatic heterocycles. The van der Waals surface area contributed by atoms with E-state index in [0.717, 1.165) is 28.7 Å². The lowest BCUT2D eigenvalue weighted by Gasteiger charge is -2.15. The lowest BCUT2D eigenvalue weighted by molar-refractivity contribution is 0.270. The fourth-order valence-corrected chi connectivity index (χ4v) is 4.02. The standard InChI is InChI=1S/C28H27FN8O/c1-18(2)17-38-24-8-25(28-22(9-30)13-34-37(28)16-24)21-4-6-26(32-12-21)31-10-19(3)20-5-7-27(33-11-20)36-15-23(29)14-35-36/h4-8,11-16,18-19H,10,17H2,1-3H3,(H,31,32)/t19-/m1/s1. The summed E-state index contributed by atoms with van der Waals surface area (Å²) in [6.07, 6.45) is 9.35. The van der Waals surface area contributed by atoms with Crippen LogP contribution in [0.3, 0.4) is 0 Å². The smallest absolute Gasteiger partial charge is 0.161 e. The minimum atomic E-state index is -0.403. The van der Waals surface area contributed by atoms with Crippen molar-refractivity contribution in [2.75, 3.05) is 18.5 Å². The van der Waals surface area contributed by atoms with E-state index in [-0.39, 0.29) is 5.92 Å². The summed E-state index contributed by atoms with van der Waals surface area (Å²) in [4.78, 5) is 9.00. The third kappa shape index (κ3) is 5.32. The van der Waals surface area contributed by atoms with Crippen LogP contribution in [-0.2, 0) is 0 Å². The van der Waals surface area contributed by atoms with Gasteiger partial charge in [-0.15, -0.1) is 0 Å². The van der Waals surface area contributed by atoms with Gasteiger partial charge in [-0.05, 0) is 41.7 Å². The predicted molar refractivity (Wildman–Crippen MR) is 142 cm³/mol. The first-order valence-electron chi connectivity index (χ1n) is 12.3. The maximum absolute atomic E-state index is 13.2. The highest BCUT2D eigenvalue weighted by atomic mass is 19.1. The van der Waals surface area contributed by atoms with E-state index < -0.39 is 5.82 Å². The molecule has 1 N–H and O–H groups in total. The molecule has 9 nitrogen and oxygen atoms in total. The van der Waals surface area contributed by atoms with Gasteiger partial charge < -0.3 is 10.1 Å². The molecule has 0 saturated heterocycles. The molecule has 1 atom stereocenters. The second kappa shape index (κ2) is 10.7. The Morgan fingerprint density at radius 3 is 2.55 bits per heavy atom. The fourth-order valence-electron chi connectivity index (χ4n) is 4.02. The van der Waals surface area contributed by atoms with Gasteiger partial charge in [0.1, 0.15) is 17.6 Å². The Balaban J connectivity index is 1.30. The van der Waals surface area contributed by atoms with Crippen molar-refractivity contribution in [3.63, 3.8) is 0 Å². The first kappa shape index (κ1) is 24.9. The van der Waals surface area contributed by atoms with Crippen molar-refractivity contribution in [1.82, 2.24) is 29.4 Å². The number of hydrogen-bond acceptors (Lipinski definition) is 7. The molecule has 0 aliphatic rings. The molecule has 0 unspecified atom stereocenters. The molecule has 0 spiro atoms. The van der Waals surface area contributed by atoms with Gasteiger partial charge in [0.05, 0.1) is 42.5 Å². The van der Waals surface area contributed by atoms with E-state index in [0.29, 0.717) is 41.7 Å². The number of halogens is 1. The minimum absolute atomic E-state index is 0.159. The number of aromatic nitrogens is 6. The van der Waals surface area contributed by atoms with Crippen LogP contribution >= 0.6 is 0 Å². The molecule has 0 saturated carbocycles. The van der Waals surface area contributed by atoms with Crippen molar-refractivity contribution in [2.45, 2.75) is 26.7 Å². The second-order valence-corrected chi connectivity index (χ2v) is 9.52. The number of pyridine rings is 3.